The van der Waals surface area contributed by atoms with Crippen LogP contribution in [0.3, 0.4) is 0 Å². The summed E-state index contributed by atoms with van der Waals surface area (Å²) < 4.78 is 71.6. The molecule has 0 aliphatic carbocycles. The number of amides is 4. The average molecular weight is 1570 g/mol. The maximum Gasteiger partial charge on any atom is 0.388 e. The summed E-state index contributed by atoms with van der Waals surface area (Å²) in [5.41, 5.74) is 13.7. The van der Waals surface area contributed by atoms with E-state index in [9.17, 15) is 32.3 Å². The van der Waals surface area contributed by atoms with Crippen molar-refractivity contribution in [2.24, 2.45) is 0 Å². The zero-order valence-corrected chi connectivity index (χ0v) is 67.5. The Bertz CT molecular complexity index is 5190. The van der Waals surface area contributed by atoms with Crippen molar-refractivity contribution in [3.8, 4) is 28.9 Å². The number of rotatable bonds is 29. The Morgan fingerprint density at radius 2 is 0.658 bits per heavy atom. The summed E-state index contributed by atoms with van der Waals surface area (Å²) in [6.45, 7) is 15.4. The van der Waals surface area contributed by atoms with Crippen molar-refractivity contribution in [3.05, 3.63) is 166 Å². The van der Waals surface area contributed by atoms with Crippen molar-refractivity contribution in [3.63, 3.8) is 0 Å². The number of nitrogens with one attached hydrogen (secondary N) is 4. The van der Waals surface area contributed by atoms with Gasteiger partial charge in [0.25, 0.3) is 23.6 Å². The molecule has 0 aliphatic rings. The number of halogens is 3. The van der Waals surface area contributed by atoms with E-state index in [0.717, 1.165) is 87.0 Å². The molecule has 4 N–H and O–H groups in total. The van der Waals surface area contributed by atoms with Gasteiger partial charge in [-0.2, -0.15) is 8.78 Å². The molecule has 1 atom stereocenters. The molecule has 0 radical (unpaired) electrons. The molecule has 35 heteroatoms. The van der Waals surface area contributed by atoms with Crippen molar-refractivity contribution in [2.75, 3.05) is 112 Å². The predicted molar refractivity (Wildman–Crippen MR) is 429 cm³/mol. The molecule has 0 aliphatic heterocycles. The van der Waals surface area contributed by atoms with Crippen molar-refractivity contribution in [1.82, 2.24) is 99.3 Å². The van der Waals surface area contributed by atoms with E-state index in [1.165, 1.54) is 32.9 Å². The fourth-order valence-corrected chi connectivity index (χ4v) is 12.3. The van der Waals surface area contributed by atoms with Crippen LogP contribution in [0, 0.1) is 27.7 Å². The minimum absolute atomic E-state index is 0.0567. The number of methoxy groups -OCH3 is 4. The van der Waals surface area contributed by atoms with Gasteiger partial charge in [0.05, 0.1) is 147 Å². The molecular formula is C79H98F3N23O9. The van der Waals surface area contributed by atoms with Crippen molar-refractivity contribution >= 4 is 85.2 Å². The quantitative estimate of drug-likeness (QED) is 0.0338. The van der Waals surface area contributed by atoms with E-state index in [-0.39, 0.29) is 42.6 Å². The third-order valence-corrected chi connectivity index (χ3v) is 18.2. The van der Waals surface area contributed by atoms with E-state index in [0.29, 0.717) is 123 Å². The number of anilines is 3. The summed E-state index contributed by atoms with van der Waals surface area (Å²) in [7, 11) is 17.9. The van der Waals surface area contributed by atoms with Gasteiger partial charge in [0.15, 0.2) is 0 Å². The highest BCUT2D eigenvalue weighted by Gasteiger charge is 2.25. The summed E-state index contributed by atoms with van der Waals surface area (Å²) in [5, 5.41) is 11.3. The van der Waals surface area contributed by atoms with Crippen LogP contribution in [0.5, 0.6) is 28.9 Å². The van der Waals surface area contributed by atoms with Crippen LogP contribution in [0.25, 0.3) is 44.1 Å². The number of hydrogen-bond acceptors (Lipinski definition) is 24. The fourth-order valence-electron chi connectivity index (χ4n) is 12.3. The van der Waals surface area contributed by atoms with Crippen LogP contribution in [-0.2, 0) is 26.2 Å². The van der Waals surface area contributed by atoms with Gasteiger partial charge in [-0.1, -0.05) is 20.8 Å². The molecule has 0 fully saturated rings. The molecule has 114 heavy (non-hydrogen) atoms. The average Bonchev–Trinajstić information content (AvgIpc) is 1.65. The van der Waals surface area contributed by atoms with Gasteiger partial charge in [0.2, 0.25) is 5.88 Å². The largest absolute Gasteiger partial charge is 0.495 e. The van der Waals surface area contributed by atoms with Crippen LogP contribution in [0.4, 0.5) is 30.6 Å². The van der Waals surface area contributed by atoms with Gasteiger partial charge in [0.1, 0.15) is 94.0 Å². The van der Waals surface area contributed by atoms with Crippen LogP contribution in [0.1, 0.15) is 133 Å². The van der Waals surface area contributed by atoms with Gasteiger partial charge in [-0.05, 0) is 53.9 Å². The first-order valence-corrected chi connectivity index (χ1v) is 36.7. The lowest BCUT2D eigenvalue weighted by Crippen LogP contribution is -2.28. The molecule has 0 aromatic carbocycles. The van der Waals surface area contributed by atoms with Gasteiger partial charge in [0, 0.05) is 140 Å². The second-order valence-electron chi connectivity index (χ2n) is 27.0. The van der Waals surface area contributed by atoms with Gasteiger partial charge in [-0.3, -0.25) is 19.2 Å². The topological polar surface area (TPSA) is 347 Å². The third kappa shape index (κ3) is 20.4. The Labute approximate surface area is 658 Å². The van der Waals surface area contributed by atoms with Crippen LogP contribution < -0.4 is 59.7 Å². The lowest BCUT2D eigenvalue weighted by atomic mass is 10.2. The van der Waals surface area contributed by atoms with E-state index < -0.39 is 12.8 Å². The first-order chi connectivity index (χ1) is 54.7. The van der Waals surface area contributed by atoms with E-state index >= 15 is 0 Å². The van der Waals surface area contributed by atoms with E-state index in [4.69, 9.17) is 18.9 Å². The lowest BCUT2D eigenvalue weighted by Gasteiger charge is -2.16. The Hall–Kier alpha value is -12.9. The number of nitrogens with zero attached hydrogens (tertiary/aromatic N) is 19. The summed E-state index contributed by atoms with van der Waals surface area (Å²) in [6, 6.07) is 7.36. The zero-order chi connectivity index (χ0) is 82.6. The molecule has 0 spiro atoms. The first-order valence-electron chi connectivity index (χ1n) is 36.7. The Morgan fingerprint density at radius 3 is 0.904 bits per heavy atom. The lowest BCUT2D eigenvalue weighted by molar-refractivity contribution is -0.0535. The van der Waals surface area contributed by atoms with Crippen LogP contribution >= 0.6 is 0 Å². The molecule has 1 unspecified atom stereocenters. The third-order valence-electron chi connectivity index (χ3n) is 18.2. The number of alkyl halides is 3. The maximum atomic E-state index is 13.2. The molecule has 0 saturated carbocycles. The zero-order valence-electron chi connectivity index (χ0n) is 67.5. The Morgan fingerprint density at radius 1 is 0.395 bits per heavy atom. The summed E-state index contributed by atoms with van der Waals surface area (Å²) in [4.78, 5) is 108. The SMILES string of the molecule is CCCNC(=O)c1cn(Cc2ncnc(N(C)C)c2C)c2cc(OC)cnc12.CCCNC(=O)c1cn(Cc2ncnc(N(C)C)c2C)c2cc(OC)cnc12.CCCNC(=O)c1cn(Cc2ncnc(OC(F)F)c2C)c2cc(OC)cnc12.COc1cnc2c(C(=O)NCC(C)F)cn(Cc3ncnc(N(C)C)c3C)c2c1. The Kier molecular flexibility index (Phi) is 29.4. The molecule has 12 rings (SSSR count). The van der Waals surface area contributed by atoms with Crippen LogP contribution in [0.2, 0.25) is 0 Å². The highest BCUT2D eigenvalue weighted by molar-refractivity contribution is 6.08. The molecule has 4 amide bonds. The monoisotopic (exact) mass is 1570 g/mol. The smallest absolute Gasteiger partial charge is 0.388 e. The van der Waals surface area contributed by atoms with Crippen LogP contribution in [-0.4, -0.2) is 211 Å². The fraction of sp³-hybridized carbons (Fsp3) is 0.392. The van der Waals surface area contributed by atoms with Gasteiger partial charge in [-0.15, -0.1) is 0 Å². The van der Waals surface area contributed by atoms with Crippen LogP contribution in [0.15, 0.2) is 99.1 Å². The molecule has 12 aromatic heterocycles. The van der Waals surface area contributed by atoms with E-state index in [1.807, 2.05) is 143 Å². The predicted octanol–water partition coefficient (Wildman–Crippen LogP) is 10.1. The minimum atomic E-state index is -2.98. The molecule has 0 bridgehead atoms. The van der Waals surface area contributed by atoms with E-state index in [1.54, 1.807) is 82.5 Å². The Balaban J connectivity index is 0.000000174. The summed E-state index contributed by atoms with van der Waals surface area (Å²) >= 11 is 0. The molecule has 604 valence electrons. The highest BCUT2D eigenvalue weighted by Crippen LogP contribution is 2.32. The number of carbonyl (C=O) groups is 4. The van der Waals surface area contributed by atoms with Crippen molar-refractivity contribution in [1.29, 1.82) is 0 Å². The van der Waals surface area contributed by atoms with Gasteiger partial charge < -0.3 is 77.9 Å². The normalized spacial score (nSPS) is 11.2. The van der Waals surface area contributed by atoms with Gasteiger partial charge >= 0.3 is 6.61 Å². The molecule has 12 aromatic rings. The molecule has 0 saturated heterocycles. The maximum absolute atomic E-state index is 13.2. The second kappa shape index (κ2) is 39.4. The number of pyridine rings is 4. The first kappa shape index (κ1) is 85.2. The number of hydrogen-bond donors (Lipinski definition) is 4. The van der Waals surface area contributed by atoms with Crippen molar-refractivity contribution < 1.29 is 56.0 Å². The number of ether oxygens (including phenoxy) is 5. The number of aromatic nitrogens is 16. The summed E-state index contributed by atoms with van der Waals surface area (Å²) in [5.74, 6) is 3.91. The standard InChI is InChI=1S/C20H25FN6O2.2C20H26N6O2.C19H21F2N5O3/c1-12(21)7-23-20(28)15-9-27(17-6-14(29-5)8-22-18(15)17)10-16-13(2)19(26(3)4)25-11-24-16;2*1-6-7-21-20(27)15-10-26(17-8-14(28-5)9-22-18(15)17)11-16-13(2)19(25(3)4)24-12-23-16;1-4-5-22-17(27)13-8-26(15-6-12(28-3)7-23-16(13)15)9-14-11(2)18(25-10-24-14)29-19(20)21/h6,8-9,11-12H,7,10H2,1-5H3,(H,23,28);2*8-10,12H,6-7,11H2,1-5H3,(H,21,27);6-8,10,19H,4-5,9H2,1-3H3,(H,22,27). The molecule has 32 nitrogen and oxygen atoms in total. The minimum Gasteiger partial charge on any atom is -0.495 e. The summed E-state index contributed by atoms with van der Waals surface area (Å²) in [6.07, 6.45) is 20.6. The number of fused-ring (bicyclic) bond motifs is 4. The second-order valence-corrected chi connectivity index (χ2v) is 27.0. The van der Waals surface area contributed by atoms with E-state index in [2.05, 4.69) is 85.8 Å². The number of carbonyl (C=O) groups excluding carboxylic acids is 4. The molecular weight excluding hydrogens is 1470 g/mol. The van der Waals surface area contributed by atoms with Gasteiger partial charge in [-0.25, -0.2) is 64.2 Å². The molecule has 12 heterocycles. The highest BCUT2D eigenvalue weighted by atomic mass is 19.3. The van der Waals surface area contributed by atoms with Crippen molar-refractivity contribution in [2.45, 2.75) is 114 Å².